The van der Waals surface area contributed by atoms with E-state index in [1.54, 1.807) is 12.1 Å². The van der Waals surface area contributed by atoms with E-state index in [4.69, 9.17) is 0 Å². The Balaban J connectivity index is 2.11. The van der Waals surface area contributed by atoms with E-state index in [2.05, 4.69) is 10.1 Å². The van der Waals surface area contributed by atoms with E-state index >= 15 is 0 Å². The lowest BCUT2D eigenvalue weighted by molar-refractivity contribution is -0.676. The van der Waals surface area contributed by atoms with Crippen LogP contribution < -0.4 is 4.85 Å². The van der Waals surface area contributed by atoms with Gasteiger partial charge in [-0.1, -0.05) is 23.9 Å². The molecule has 0 amide bonds. The first-order valence-corrected chi connectivity index (χ1v) is 6.31. The molecule has 0 saturated carbocycles. The third-order valence-corrected chi connectivity index (χ3v) is 3.53. The molecule has 3 rings (SSSR count). The van der Waals surface area contributed by atoms with Gasteiger partial charge in [0.05, 0.1) is 4.92 Å². The average Bonchev–Trinajstić information content (AvgIpc) is 2.81. The Hall–Kier alpha value is -2.57. The van der Waals surface area contributed by atoms with Crippen LogP contribution in [0.25, 0.3) is 11.4 Å². The van der Waals surface area contributed by atoms with Crippen LogP contribution in [-0.2, 0) is 6.42 Å². The third kappa shape index (κ3) is 1.97. The molecule has 1 aromatic heterocycles. The van der Waals surface area contributed by atoms with Gasteiger partial charge in [-0.15, -0.1) is 0 Å². The van der Waals surface area contributed by atoms with Crippen molar-refractivity contribution in [3.05, 3.63) is 51.0 Å². The van der Waals surface area contributed by atoms with Crippen LogP contribution in [0.2, 0.25) is 0 Å². The Morgan fingerprint density at radius 3 is 3.00 bits per heavy atom. The molecule has 7 heteroatoms. The second-order valence-corrected chi connectivity index (χ2v) is 4.89. The topological polar surface area (TPSA) is 95.9 Å². The van der Waals surface area contributed by atoms with Gasteiger partial charge in [0.2, 0.25) is 11.5 Å². The second kappa shape index (κ2) is 4.52. The van der Waals surface area contributed by atoms with Crippen molar-refractivity contribution in [3.8, 4) is 11.4 Å². The van der Waals surface area contributed by atoms with Crippen LogP contribution in [0, 0.1) is 15.3 Å². The number of hydrogen-bond donors (Lipinski definition) is 0. The van der Waals surface area contributed by atoms with E-state index in [-0.39, 0.29) is 17.4 Å². The summed E-state index contributed by atoms with van der Waals surface area (Å²) < 4.78 is 0. The van der Waals surface area contributed by atoms with Crippen molar-refractivity contribution in [1.82, 2.24) is 10.1 Å². The van der Waals surface area contributed by atoms with Gasteiger partial charge in [-0.05, 0) is 6.42 Å². The van der Waals surface area contributed by atoms with Crippen LogP contribution in [0.15, 0.2) is 24.3 Å². The quantitative estimate of drug-likeness (QED) is 0.359. The molecule has 1 aromatic carbocycles. The number of nitro benzene ring substituents is 1. The van der Waals surface area contributed by atoms with Crippen LogP contribution in [-0.4, -0.2) is 15.0 Å². The lowest BCUT2D eigenvalue weighted by Crippen LogP contribution is -2.37. The normalized spacial score (nSPS) is 16.9. The Morgan fingerprint density at radius 2 is 2.25 bits per heavy atom. The molecule has 7 nitrogen and oxygen atoms in total. The van der Waals surface area contributed by atoms with Crippen LogP contribution in [0.4, 0.5) is 5.69 Å². The van der Waals surface area contributed by atoms with Crippen molar-refractivity contribution < 1.29 is 9.77 Å². The summed E-state index contributed by atoms with van der Waals surface area (Å²) in [5, 5.41) is 26.6. The molecular weight excluding hydrogens is 260 g/mol. The highest BCUT2D eigenvalue weighted by Crippen LogP contribution is 2.30. The minimum atomic E-state index is -0.481. The molecule has 0 radical (unpaired) electrons. The van der Waals surface area contributed by atoms with Crippen molar-refractivity contribution in [3.63, 3.8) is 0 Å². The van der Waals surface area contributed by atoms with Gasteiger partial charge in [-0.25, -0.2) is 4.98 Å². The fraction of sp³-hybridized carbons (Fsp3) is 0.308. The Morgan fingerprint density at radius 1 is 1.45 bits per heavy atom. The molecule has 0 aliphatic heterocycles. The molecule has 0 fully saturated rings. The molecule has 1 atom stereocenters. The number of hydrogen-bond acceptors (Lipinski definition) is 5. The SMILES string of the molecule is CC1CCc2c1nc(-c1cccc([N+](=O)[O-])c1)n[n+]2[O-]. The maximum absolute atomic E-state index is 11.9. The summed E-state index contributed by atoms with van der Waals surface area (Å²) in [7, 11) is 0. The monoisotopic (exact) mass is 272 g/mol. The van der Waals surface area contributed by atoms with Crippen LogP contribution in [0.3, 0.4) is 0 Å². The highest BCUT2D eigenvalue weighted by Gasteiger charge is 2.30. The van der Waals surface area contributed by atoms with Crippen molar-refractivity contribution in [1.29, 1.82) is 0 Å². The predicted molar refractivity (Wildman–Crippen MR) is 69.8 cm³/mol. The molecule has 0 bridgehead atoms. The summed E-state index contributed by atoms with van der Waals surface area (Å²) in [6.07, 6.45) is 1.56. The molecule has 1 aliphatic rings. The largest absolute Gasteiger partial charge is 0.594 e. The number of aromatic nitrogens is 3. The number of nitrogens with zero attached hydrogens (tertiary/aromatic N) is 4. The minimum Gasteiger partial charge on any atom is -0.594 e. The number of rotatable bonds is 2. The maximum Gasteiger partial charge on any atom is 0.270 e. The molecule has 1 heterocycles. The molecule has 1 unspecified atom stereocenters. The summed E-state index contributed by atoms with van der Waals surface area (Å²) in [6.45, 7) is 2.01. The molecular formula is C13H12N4O3. The lowest BCUT2D eigenvalue weighted by Gasteiger charge is -2.05. The average molecular weight is 272 g/mol. The van der Waals surface area contributed by atoms with Crippen molar-refractivity contribution in [2.75, 3.05) is 0 Å². The minimum absolute atomic E-state index is 0.0444. The predicted octanol–water partition coefficient (Wildman–Crippen LogP) is 1.73. The molecule has 20 heavy (non-hydrogen) atoms. The van der Waals surface area contributed by atoms with E-state index < -0.39 is 4.92 Å². The van der Waals surface area contributed by atoms with Crippen molar-refractivity contribution >= 4 is 5.69 Å². The van der Waals surface area contributed by atoms with Gasteiger partial charge in [0.1, 0.15) is 5.69 Å². The first kappa shape index (κ1) is 12.5. The van der Waals surface area contributed by atoms with Crippen molar-refractivity contribution in [2.24, 2.45) is 0 Å². The maximum atomic E-state index is 11.9. The summed E-state index contributed by atoms with van der Waals surface area (Å²) >= 11 is 0. The molecule has 102 valence electrons. The van der Waals surface area contributed by atoms with E-state index in [1.807, 2.05) is 6.92 Å². The fourth-order valence-corrected chi connectivity index (χ4v) is 2.43. The number of non-ortho nitro benzene ring substituents is 1. The van der Waals surface area contributed by atoms with Crippen molar-refractivity contribution in [2.45, 2.75) is 25.7 Å². The zero-order valence-electron chi connectivity index (χ0n) is 10.8. The van der Waals surface area contributed by atoms with Gasteiger partial charge in [0.25, 0.3) is 5.69 Å². The Bertz CT molecular complexity index is 702. The van der Waals surface area contributed by atoms with Crippen LogP contribution in [0.5, 0.6) is 0 Å². The molecule has 0 saturated heterocycles. The zero-order valence-corrected chi connectivity index (χ0v) is 10.8. The third-order valence-electron chi connectivity index (χ3n) is 3.53. The number of fused-ring (bicyclic) bond motifs is 1. The number of benzene rings is 1. The van der Waals surface area contributed by atoms with E-state index in [1.165, 1.54) is 12.1 Å². The highest BCUT2D eigenvalue weighted by atomic mass is 16.6. The molecule has 0 N–H and O–H groups in total. The Kier molecular flexibility index (Phi) is 2.81. The molecule has 1 aliphatic carbocycles. The summed E-state index contributed by atoms with van der Waals surface area (Å²) in [4.78, 5) is 15.3. The van der Waals surface area contributed by atoms with E-state index in [9.17, 15) is 15.3 Å². The molecule has 0 spiro atoms. The Labute approximate surface area is 114 Å². The lowest BCUT2D eigenvalue weighted by atomic mass is 10.1. The van der Waals surface area contributed by atoms with Gasteiger partial charge in [0.15, 0.2) is 0 Å². The number of nitro groups is 1. The highest BCUT2D eigenvalue weighted by molar-refractivity contribution is 5.58. The van der Waals surface area contributed by atoms with Gasteiger partial charge in [0, 0.05) is 35.1 Å². The summed E-state index contributed by atoms with van der Waals surface area (Å²) in [5.41, 5.74) is 1.78. The van der Waals surface area contributed by atoms with Gasteiger partial charge < -0.3 is 5.21 Å². The van der Waals surface area contributed by atoms with E-state index in [0.717, 1.165) is 12.1 Å². The summed E-state index contributed by atoms with van der Waals surface area (Å²) in [6, 6.07) is 5.99. The molecule has 2 aromatic rings. The van der Waals surface area contributed by atoms with Gasteiger partial charge in [-0.3, -0.25) is 10.1 Å². The van der Waals surface area contributed by atoms with Gasteiger partial charge in [-0.2, -0.15) is 0 Å². The first-order valence-electron chi connectivity index (χ1n) is 6.31. The second-order valence-electron chi connectivity index (χ2n) is 4.89. The standard InChI is InChI=1S/C13H12N4O3/c1-8-5-6-11-12(8)14-13(15-16(11)18)9-3-2-4-10(7-9)17(19)20/h2-4,7-8H,5-6H2,1H3. The summed E-state index contributed by atoms with van der Waals surface area (Å²) in [5.74, 6) is 0.446. The van der Waals surface area contributed by atoms with Crippen LogP contribution >= 0.6 is 0 Å². The van der Waals surface area contributed by atoms with Gasteiger partial charge >= 0.3 is 0 Å². The van der Waals surface area contributed by atoms with E-state index in [0.29, 0.717) is 22.5 Å². The van der Waals surface area contributed by atoms with Crippen LogP contribution in [0.1, 0.15) is 30.7 Å². The zero-order chi connectivity index (χ0) is 14.3. The first-order chi connectivity index (χ1) is 9.56. The fourth-order valence-electron chi connectivity index (χ4n) is 2.43. The smallest absolute Gasteiger partial charge is 0.270 e.